The van der Waals surface area contributed by atoms with Gasteiger partial charge < -0.3 is 5.32 Å². The Hall–Kier alpha value is -3.07. The van der Waals surface area contributed by atoms with Crippen molar-refractivity contribution in [3.05, 3.63) is 59.7 Å². The maximum Gasteiger partial charge on any atom is 0.221 e. The Labute approximate surface area is 126 Å². The number of nitrogens with one attached hydrogen (secondary N) is 1. The molecule has 1 aromatic heterocycles. The smallest absolute Gasteiger partial charge is 0.221 e. The molecule has 1 aromatic carbocycles. The molecule has 0 aliphatic carbocycles. The number of benzene rings is 1. The molecule has 5 nitrogen and oxygen atoms in total. The standard InChI is InChI=1S/C16H12FN3O2/c1-10(21)20-13-5-2-11(3-6-13)16(22)14(8-18)15-7-4-12(17)9-19-15/h2-7,9,14H,1H3,(H,20,21). The Morgan fingerprint density at radius 3 is 2.41 bits per heavy atom. The number of pyridine rings is 1. The zero-order valence-corrected chi connectivity index (χ0v) is 11.7. The summed E-state index contributed by atoms with van der Waals surface area (Å²) in [6.45, 7) is 1.38. The molecule has 110 valence electrons. The van der Waals surface area contributed by atoms with E-state index in [0.717, 1.165) is 12.3 Å². The molecule has 2 rings (SSSR count). The van der Waals surface area contributed by atoms with Gasteiger partial charge in [-0.3, -0.25) is 14.6 Å². The minimum atomic E-state index is -1.10. The molecule has 0 spiro atoms. The Bertz CT molecular complexity index is 733. The van der Waals surface area contributed by atoms with Gasteiger partial charge in [0.05, 0.1) is 18.0 Å². The lowest BCUT2D eigenvalue weighted by molar-refractivity contribution is -0.114. The Kier molecular flexibility index (Phi) is 4.59. The first kappa shape index (κ1) is 15.3. The third-order valence-electron chi connectivity index (χ3n) is 2.93. The second kappa shape index (κ2) is 6.59. The maximum absolute atomic E-state index is 12.9. The lowest BCUT2D eigenvalue weighted by Crippen LogP contribution is -2.13. The third kappa shape index (κ3) is 3.52. The summed E-state index contributed by atoms with van der Waals surface area (Å²) in [6, 6.07) is 10.5. The van der Waals surface area contributed by atoms with Gasteiger partial charge in [0.15, 0.2) is 11.7 Å². The second-order valence-electron chi connectivity index (χ2n) is 4.59. The molecule has 1 amide bonds. The van der Waals surface area contributed by atoms with Crippen molar-refractivity contribution in [1.29, 1.82) is 5.26 Å². The average molecular weight is 297 g/mol. The number of aromatic nitrogens is 1. The van der Waals surface area contributed by atoms with Crippen molar-refractivity contribution in [1.82, 2.24) is 4.98 Å². The van der Waals surface area contributed by atoms with Gasteiger partial charge in [-0.25, -0.2) is 4.39 Å². The van der Waals surface area contributed by atoms with E-state index in [1.54, 1.807) is 12.1 Å². The lowest BCUT2D eigenvalue weighted by atomic mass is 9.95. The minimum absolute atomic E-state index is 0.194. The van der Waals surface area contributed by atoms with E-state index in [9.17, 15) is 19.2 Å². The maximum atomic E-state index is 12.9. The molecule has 0 saturated carbocycles. The van der Waals surface area contributed by atoms with Gasteiger partial charge >= 0.3 is 0 Å². The summed E-state index contributed by atoms with van der Waals surface area (Å²) in [4.78, 5) is 27.1. The van der Waals surface area contributed by atoms with Crippen LogP contribution in [0.3, 0.4) is 0 Å². The molecule has 2 aromatic rings. The van der Waals surface area contributed by atoms with Crippen LogP contribution in [0.25, 0.3) is 0 Å². The van der Waals surface area contributed by atoms with Crippen molar-refractivity contribution in [2.24, 2.45) is 0 Å². The first-order valence-corrected chi connectivity index (χ1v) is 6.44. The normalized spacial score (nSPS) is 11.3. The van der Waals surface area contributed by atoms with Crippen LogP contribution in [0.5, 0.6) is 0 Å². The quantitative estimate of drug-likeness (QED) is 0.879. The van der Waals surface area contributed by atoms with Crippen molar-refractivity contribution < 1.29 is 14.0 Å². The Balaban J connectivity index is 2.23. The van der Waals surface area contributed by atoms with Crippen molar-refractivity contribution >= 4 is 17.4 Å². The number of halogens is 1. The van der Waals surface area contributed by atoms with Gasteiger partial charge in [-0.1, -0.05) is 0 Å². The molecule has 0 aliphatic rings. The molecular formula is C16H12FN3O2. The summed E-state index contributed by atoms with van der Waals surface area (Å²) in [5.41, 5.74) is 1.06. The molecule has 22 heavy (non-hydrogen) atoms. The van der Waals surface area contributed by atoms with Gasteiger partial charge in [0, 0.05) is 18.2 Å². The van der Waals surface area contributed by atoms with E-state index in [-0.39, 0.29) is 11.6 Å². The lowest BCUT2D eigenvalue weighted by Gasteiger charge is -2.08. The number of amides is 1. The van der Waals surface area contributed by atoms with Gasteiger partial charge in [-0.2, -0.15) is 5.26 Å². The Morgan fingerprint density at radius 1 is 1.23 bits per heavy atom. The highest BCUT2D eigenvalue weighted by Crippen LogP contribution is 2.20. The highest BCUT2D eigenvalue weighted by atomic mass is 19.1. The van der Waals surface area contributed by atoms with Crippen LogP contribution >= 0.6 is 0 Å². The van der Waals surface area contributed by atoms with Crippen LogP contribution in [0.1, 0.15) is 28.9 Å². The predicted octanol–water partition coefficient (Wildman–Crippen LogP) is 2.67. The molecule has 1 unspecified atom stereocenters. The van der Waals surface area contributed by atoms with Crippen LogP contribution in [-0.2, 0) is 4.79 Å². The fourth-order valence-electron chi connectivity index (χ4n) is 1.90. The van der Waals surface area contributed by atoms with E-state index >= 15 is 0 Å². The molecule has 0 bridgehead atoms. The van der Waals surface area contributed by atoms with Crippen molar-refractivity contribution in [2.45, 2.75) is 12.8 Å². The average Bonchev–Trinajstić information content (AvgIpc) is 2.50. The van der Waals surface area contributed by atoms with Crippen molar-refractivity contribution in [3.63, 3.8) is 0 Å². The number of nitriles is 1. The van der Waals surface area contributed by atoms with Crippen LogP contribution < -0.4 is 5.32 Å². The summed E-state index contributed by atoms with van der Waals surface area (Å²) >= 11 is 0. The summed E-state index contributed by atoms with van der Waals surface area (Å²) in [5, 5.41) is 11.8. The number of anilines is 1. The highest BCUT2D eigenvalue weighted by Gasteiger charge is 2.23. The molecule has 6 heteroatoms. The van der Waals surface area contributed by atoms with Gasteiger partial charge in [0.25, 0.3) is 0 Å². The second-order valence-corrected chi connectivity index (χ2v) is 4.59. The van der Waals surface area contributed by atoms with E-state index in [1.807, 2.05) is 6.07 Å². The van der Waals surface area contributed by atoms with Gasteiger partial charge in [0.1, 0.15) is 5.82 Å². The van der Waals surface area contributed by atoms with Gasteiger partial charge in [-0.15, -0.1) is 0 Å². The molecule has 0 fully saturated rings. The number of hydrogen-bond donors (Lipinski definition) is 1. The number of rotatable bonds is 4. The first-order chi connectivity index (χ1) is 10.5. The van der Waals surface area contributed by atoms with Crippen molar-refractivity contribution in [3.8, 4) is 6.07 Å². The molecule has 1 heterocycles. The first-order valence-electron chi connectivity index (χ1n) is 6.44. The predicted molar refractivity (Wildman–Crippen MR) is 77.6 cm³/mol. The summed E-state index contributed by atoms with van der Waals surface area (Å²) in [6.07, 6.45) is 0.965. The number of Topliss-reactive ketones (excluding diaryl/α,β-unsaturated/α-hetero) is 1. The van der Waals surface area contributed by atoms with Gasteiger partial charge in [-0.05, 0) is 36.4 Å². The molecule has 0 radical (unpaired) electrons. The summed E-state index contributed by atoms with van der Waals surface area (Å²) in [7, 11) is 0. The number of hydrogen-bond acceptors (Lipinski definition) is 4. The SMILES string of the molecule is CC(=O)Nc1ccc(C(=O)C(C#N)c2ccc(F)cn2)cc1. The molecule has 0 saturated heterocycles. The Morgan fingerprint density at radius 2 is 1.91 bits per heavy atom. The summed E-state index contributed by atoms with van der Waals surface area (Å²) < 4.78 is 12.9. The van der Waals surface area contributed by atoms with Crippen LogP contribution in [0.2, 0.25) is 0 Å². The number of nitrogens with zero attached hydrogens (tertiary/aromatic N) is 2. The largest absolute Gasteiger partial charge is 0.326 e. The molecule has 1 atom stereocenters. The number of carbonyl (C=O) groups excluding carboxylic acids is 2. The van der Waals surface area contributed by atoms with Crippen LogP contribution in [0.4, 0.5) is 10.1 Å². The fraction of sp³-hybridized carbons (Fsp3) is 0.125. The fourth-order valence-corrected chi connectivity index (χ4v) is 1.90. The van der Waals surface area contributed by atoms with E-state index < -0.39 is 17.5 Å². The molecular weight excluding hydrogens is 285 g/mol. The monoisotopic (exact) mass is 297 g/mol. The minimum Gasteiger partial charge on any atom is -0.326 e. The van der Waals surface area contributed by atoms with Crippen LogP contribution in [-0.4, -0.2) is 16.7 Å². The van der Waals surface area contributed by atoms with Crippen LogP contribution in [0, 0.1) is 17.1 Å². The molecule has 0 aliphatic heterocycles. The topological polar surface area (TPSA) is 82.9 Å². The number of ketones is 1. The van der Waals surface area contributed by atoms with E-state index in [0.29, 0.717) is 11.3 Å². The van der Waals surface area contributed by atoms with E-state index in [4.69, 9.17) is 0 Å². The highest BCUT2D eigenvalue weighted by molar-refractivity contribution is 6.03. The van der Waals surface area contributed by atoms with Gasteiger partial charge in [0.2, 0.25) is 5.91 Å². The molecule has 1 N–H and O–H groups in total. The third-order valence-corrected chi connectivity index (χ3v) is 2.93. The van der Waals surface area contributed by atoms with E-state index in [2.05, 4.69) is 10.3 Å². The van der Waals surface area contributed by atoms with E-state index in [1.165, 1.54) is 25.1 Å². The summed E-state index contributed by atoms with van der Waals surface area (Å²) in [5.74, 6) is -2.29. The van der Waals surface area contributed by atoms with Crippen LogP contribution in [0.15, 0.2) is 42.6 Å². The zero-order chi connectivity index (χ0) is 16.1. The van der Waals surface area contributed by atoms with Crippen molar-refractivity contribution in [2.75, 3.05) is 5.32 Å². The zero-order valence-electron chi connectivity index (χ0n) is 11.7. The number of carbonyl (C=O) groups is 2.